The minimum absolute atomic E-state index is 0.0262. The van der Waals surface area contributed by atoms with Gasteiger partial charge in [-0.1, -0.05) is 43.3 Å². The van der Waals surface area contributed by atoms with Crippen LogP contribution in [0.3, 0.4) is 0 Å². The summed E-state index contributed by atoms with van der Waals surface area (Å²) in [5, 5.41) is 6.10. The lowest BCUT2D eigenvalue weighted by Crippen LogP contribution is -2.64. The van der Waals surface area contributed by atoms with E-state index in [-0.39, 0.29) is 73.6 Å². The van der Waals surface area contributed by atoms with Crippen LogP contribution in [-0.2, 0) is 26.7 Å². The quantitative estimate of drug-likeness (QED) is 0.0477. The molecule has 0 saturated carbocycles. The summed E-state index contributed by atoms with van der Waals surface area (Å²) in [6.45, 7) is 5.35. The second kappa shape index (κ2) is 19.4. The molecule has 10 N–H and O–H groups in total. The van der Waals surface area contributed by atoms with Crippen LogP contribution in [0.1, 0.15) is 60.5 Å². The Morgan fingerprint density at radius 3 is 1.49 bits per heavy atom. The fourth-order valence-electron chi connectivity index (χ4n) is 9.76. The minimum atomic E-state index is -4.59. The number of fused-ring (bicyclic) bond motifs is 2. The molecule has 69 heavy (non-hydrogen) atoms. The molecule has 3 saturated heterocycles. The van der Waals surface area contributed by atoms with Gasteiger partial charge in [0.05, 0.1) is 52.9 Å². The molecule has 3 amide bonds. The highest BCUT2D eigenvalue weighted by molar-refractivity contribution is 6.00. The van der Waals surface area contributed by atoms with Crippen molar-refractivity contribution in [2.24, 2.45) is 22.8 Å². The predicted octanol–water partition coefficient (Wildman–Crippen LogP) is 6.96. The number of amides is 3. The average Bonchev–Trinajstić information content (AvgIpc) is 3.77. The highest BCUT2D eigenvalue weighted by Crippen LogP contribution is 2.45. The van der Waals surface area contributed by atoms with Crippen molar-refractivity contribution in [3.63, 3.8) is 0 Å². The topological polar surface area (TPSA) is 192 Å². The lowest BCUT2D eigenvalue weighted by Gasteiger charge is -2.55. The first-order valence-electron chi connectivity index (χ1n) is 22.9. The molecule has 0 aromatic heterocycles. The van der Waals surface area contributed by atoms with Crippen molar-refractivity contribution in [3.05, 3.63) is 142 Å². The summed E-state index contributed by atoms with van der Waals surface area (Å²) in [6.07, 6.45) is -7.81. The lowest BCUT2D eigenvalue weighted by atomic mass is 9.66. The van der Waals surface area contributed by atoms with E-state index in [9.17, 15) is 40.7 Å². The molecular weight excluding hydrogens is 903 g/mol. The normalized spacial score (nSPS) is 21.4. The smallest absolute Gasteiger partial charge is 0.399 e. The van der Waals surface area contributed by atoms with E-state index in [4.69, 9.17) is 22.9 Å². The zero-order valence-corrected chi connectivity index (χ0v) is 38.0. The van der Waals surface area contributed by atoms with Gasteiger partial charge in [-0.15, -0.1) is 0 Å². The number of hydrogen-bond acceptors (Lipinski definition) is 10. The Morgan fingerprint density at radius 2 is 1.12 bits per heavy atom. The Balaban J connectivity index is 0.984. The molecule has 19 heteroatoms. The standard InChI is InChI=1S/C50H56F6N10O3/c1-48(18-23-63-26-34(48)27-63)47(69)64(19-4-21-65-28-39(61-37-8-2-6-32(24-37)49(51,52)53)41(45(65)67)43(59)30-10-14-35(57)15-11-30)20-5-22-66-29-40(62-38-9-3-7-33(25-38)50(54,55)56)42(46(66)68)44(60)31-12-16-36(58)17-13-31/h2-3,6-17,24-25,34,43-44,61-62H,4-5,18-23,26-29,57-60H2,1H3/t43-,44-,48?/m1/s1. The third-order valence-corrected chi connectivity index (χ3v) is 13.9. The summed E-state index contributed by atoms with van der Waals surface area (Å²) >= 11 is 0. The number of nitrogens with zero attached hydrogens (tertiary/aromatic N) is 4. The number of alkyl halides is 6. The molecule has 366 valence electrons. The molecule has 3 fully saturated rings. The van der Waals surface area contributed by atoms with Gasteiger partial charge in [-0.25, -0.2) is 0 Å². The molecule has 9 rings (SSSR count). The van der Waals surface area contributed by atoms with E-state index in [0.717, 1.165) is 43.9 Å². The number of nitrogen functional groups attached to an aromatic ring is 2. The van der Waals surface area contributed by atoms with Crippen LogP contribution < -0.4 is 33.6 Å². The molecule has 4 aromatic rings. The first kappa shape index (κ1) is 48.9. The van der Waals surface area contributed by atoms with Crippen molar-refractivity contribution < 1.29 is 40.7 Å². The number of anilines is 4. The minimum Gasteiger partial charge on any atom is -0.399 e. The summed E-state index contributed by atoms with van der Waals surface area (Å²) in [4.78, 5) is 50.4. The summed E-state index contributed by atoms with van der Waals surface area (Å²) in [7, 11) is 0. The van der Waals surface area contributed by atoms with E-state index < -0.39 is 52.8 Å². The second-order valence-corrected chi connectivity index (χ2v) is 18.6. The molecule has 1 unspecified atom stereocenters. The number of carbonyl (C=O) groups is 3. The number of carbonyl (C=O) groups excluding carboxylic acids is 3. The number of nitrogens with one attached hydrogen (secondary N) is 2. The van der Waals surface area contributed by atoms with E-state index in [0.29, 0.717) is 53.2 Å². The van der Waals surface area contributed by atoms with Crippen LogP contribution in [0.15, 0.2) is 120 Å². The molecule has 13 nitrogen and oxygen atoms in total. The van der Waals surface area contributed by atoms with E-state index >= 15 is 0 Å². The van der Waals surface area contributed by atoms with Crippen LogP contribution in [-0.4, -0.2) is 96.2 Å². The van der Waals surface area contributed by atoms with Crippen LogP contribution in [0.25, 0.3) is 0 Å². The first-order chi connectivity index (χ1) is 32.7. The lowest BCUT2D eigenvalue weighted by molar-refractivity contribution is -0.157. The predicted molar refractivity (Wildman–Crippen MR) is 251 cm³/mol. The van der Waals surface area contributed by atoms with Gasteiger partial charge >= 0.3 is 12.4 Å². The molecule has 5 aliphatic heterocycles. The third-order valence-electron chi connectivity index (χ3n) is 13.9. The Labute approximate surface area is 396 Å². The zero-order valence-electron chi connectivity index (χ0n) is 38.0. The highest BCUT2D eigenvalue weighted by atomic mass is 19.4. The van der Waals surface area contributed by atoms with Crippen molar-refractivity contribution in [1.82, 2.24) is 19.6 Å². The van der Waals surface area contributed by atoms with Gasteiger partial charge in [0.25, 0.3) is 11.8 Å². The fraction of sp³-hybridized carbons (Fsp3) is 0.380. The summed E-state index contributed by atoms with van der Waals surface area (Å²) < 4.78 is 82.1. The zero-order chi connectivity index (χ0) is 49.4. The average molecular weight is 959 g/mol. The van der Waals surface area contributed by atoms with Crippen molar-refractivity contribution in [3.8, 4) is 0 Å². The van der Waals surface area contributed by atoms with Crippen molar-refractivity contribution in [2.75, 3.05) is 81.0 Å². The third kappa shape index (κ3) is 10.5. The van der Waals surface area contributed by atoms with Gasteiger partial charge < -0.3 is 53.2 Å². The molecule has 0 spiro atoms. The maximum Gasteiger partial charge on any atom is 0.416 e. The van der Waals surface area contributed by atoms with E-state index in [1.807, 2.05) is 6.92 Å². The molecule has 3 atom stereocenters. The monoisotopic (exact) mass is 958 g/mol. The molecule has 0 radical (unpaired) electrons. The Morgan fingerprint density at radius 1 is 0.696 bits per heavy atom. The van der Waals surface area contributed by atoms with Gasteiger partial charge in [0.15, 0.2) is 0 Å². The van der Waals surface area contributed by atoms with Gasteiger partial charge in [0.2, 0.25) is 5.91 Å². The van der Waals surface area contributed by atoms with E-state index in [2.05, 4.69) is 15.5 Å². The number of halogens is 6. The number of benzene rings is 4. The summed E-state index contributed by atoms with van der Waals surface area (Å²) in [5.74, 6) is -0.663. The van der Waals surface area contributed by atoms with E-state index in [1.165, 1.54) is 24.3 Å². The van der Waals surface area contributed by atoms with Crippen LogP contribution in [0, 0.1) is 11.3 Å². The van der Waals surface area contributed by atoms with Gasteiger partial charge in [0, 0.05) is 73.4 Å². The number of rotatable bonds is 17. The van der Waals surface area contributed by atoms with Crippen LogP contribution in [0.5, 0.6) is 0 Å². The molecule has 2 bridgehead atoms. The maximum absolute atomic E-state index is 14.7. The number of hydrogen-bond donors (Lipinski definition) is 6. The van der Waals surface area contributed by atoms with Gasteiger partial charge in [-0.3, -0.25) is 14.4 Å². The summed E-state index contributed by atoms with van der Waals surface area (Å²) in [6, 6.07) is 20.9. The van der Waals surface area contributed by atoms with Gasteiger partial charge in [-0.2, -0.15) is 26.3 Å². The SMILES string of the molecule is CC1(C(=O)N(CCCN2CC(Nc3cccc(C(F)(F)F)c3)=C([C@H](N)c3ccc(N)cc3)C2=O)CCCN2CC(Nc3cccc(C(F)(F)F)c3)=C([C@H](N)c3ccc(N)cc3)C2=O)CCN2CC1C2. The summed E-state index contributed by atoms with van der Waals surface area (Å²) in [5.41, 5.74) is 26.4. The first-order valence-corrected chi connectivity index (χ1v) is 22.9. The Hall–Kier alpha value is -6.57. The highest BCUT2D eigenvalue weighted by Gasteiger charge is 2.52. The number of piperidine rings is 2. The second-order valence-electron chi connectivity index (χ2n) is 18.6. The maximum atomic E-state index is 14.7. The van der Waals surface area contributed by atoms with Crippen molar-refractivity contribution in [1.29, 1.82) is 0 Å². The van der Waals surface area contributed by atoms with Crippen molar-refractivity contribution in [2.45, 2.75) is 50.6 Å². The number of nitrogens with two attached hydrogens (primary N) is 4. The molecule has 4 aromatic carbocycles. The van der Waals surface area contributed by atoms with Crippen LogP contribution in [0.2, 0.25) is 0 Å². The van der Waals surface area contributed by atoms with Gasteiger partial charge in [-0.05, 0) is 104 Å². The van der Waals surface area contributed by atoms with Crippen LogP contribution >= 0.6 is 0 Å². The molecule has 5 heterocycles. The Kier molecular flexibility index (Phi) is 13.8. The Bertz CT molecular complexity index is 2470. The molecular formula is C50H56F6N10O3. The fourth-order valence-corrected chi connectivity index (χ4v) is 9.76. The largest absolute Gasteiger partial charge is 0.416 e. The van der Waals surface area contributed by atoms with Gasteiger partial charge in [0.1, 0.15) is 0 Å². The van der Waals surface area contributed by atoms with Crippen LogP contribution in [0.4, 0.5) is 49.1 Å². The van der Waals surface area contributed by atoms with Crippen molar-refractivity contribution >= 4 is 40.5 Å². The molecule has 5 aliphatic rings. The van der Waals surface area contributed by atoms with E-state index in [1.54, 1.807) is 63.2 Å². The molecule has 0 aliphatic carbocycles.